The summed E-state index contributed by atoms with van der Waals surface area (Å²) in [6.07, 6.45) is -0.447. The van der Waals surface area contributed by atoms with Gasteiger partial charge in [-0.2, -0.15) is 9.40 Å². The van der Waals surface area contributed by atoms with Gasteiger partial charge in [0.15, 0.2) is 23.4 Å². The fourth-order valence-electron chi connectivity index (χ4n) is 5.12. The molecule has 11 heteroatoms. The number of para-hydroxylation sites is 3. The lowest BCUT2D eigenvalue weighted by atomic mass is 10.2. The maximum Gasteiger partial charge on any atom is 0.243 e. The second kappa shape index (κ2) is 10.8. The zero-order valence-electron chi connectivity index (χ0n) is 22.4. The molecule has 0 radical (unpaired) electrons. The Morgan fingerprint density at radius 1 is 0.925 bits per heavy atom. The van der Waals surface area contributed by atoms with Crippen molar-refractivity contribution in [2.45, 2.75) is 31.5 Å². The van der Waals surface area contributed by atoms with Gasteiger partial charge >= 0.3 is 0 Å². The molecule has 0 bridgehead atoms. The van der Waals surface area contributed by atoms with E-state index in [9.17, 15) is 8.42 Å². The smallest absolute Gasteiger partial charge is 0.243 e. The summed E-state index contributed by atoms with van der Waals surface area (Å²) < 4.78 is 44.9. The maximum absolute atomic E-state index is 13.4. The highest BCUT2D eigenvalue weighted by molar-refractivity contribution is 7.89. The number of hydrogen-bond acceptors (Lipinski definition) is 7. The minimum atomic E-state index is -3.57. The van der Waals surface area contributed by atoms with Crippen LogP contribution < -0.4 is 9.47 Å². The van der Waals surface area contributed by atoms with Crippen LogP contribution in [0.3, 0.4) is 0 Å². The van der Waals surface area contributed by atoms with Gasteiger partial charge in [0.1, 0.15) is 6.61 Å². The Morgan fingerprint density at radius 3 is 2.38 bits per heavy atom. The van der Waals surface area contributed by atoms with E-state index in [0.717, 1.165) is 16.8 Å². The average molecular weight is 578 g/mol. The first-order chi connectivity index (χ1) is 19.3. The van der Waals surface area contributed by atoms with Crippen molar-refractivity contribution in [3.05, 3.63) is 94.5 Å². The Bertz CT molecular complexity index is 1690. The fourth-order valence-corrected chi connectivity index (χ4v) is 7.15. The van der Waals surface area contributed by atoms with Gasteiger partial charge in [0.25, 0.3) is 0 Å². The van der Waals surface area contributed by atoms with Crippen LogP contribution in [-0.2, 0) is 16.7 Å². The number of rotatable bonds is 6. The summed E-state index contributed by atoms with van der Waals surface area (Å²) in [7, 11) is -3.57. The first kappa shape index (κ1) is 26.7. The highest BCUT2D eigenvalue weighted by atomic mass is 32.2. The predicted molar refractivity (Wildman–Crippen MR) is 154 cm³/mol. The van der Waals surface area contributed by atoms with Crippen molar-refractivity contribution in [2.24, 2.45) is 0 Å². The average Bonchev–Trinajstić information content (AvgIpc) is 3.30. The second-order valence-corrected chi connectivity index (χ2v) is 12.4. The number of sulfonamides is 1. The van der Waals surface area contributed by atoms with E-state index in [1.165, 1.54) is 0 Å². The number of piperazine rings is 1. The van der Waals surface area contributed by atoms with Crippen molar-refractivity contribution in [1.29, 1.82) is 0 Å². The zero-order chi connectivity index (χ0) is 27.9. The van der Waals surface area contributed by atoms with E-state index in [1.54, 1.807) is 15.1 Å². The normalized spacial score (nSPS) is 18.1. The van der Waals surface area contributed by atoms with Crippen molar-refractivity contribution in [2.75, 3.05) is 32.8 Å². The minimum Gasteiger partial charge on any atom is -0.485 e. The summed E-state index contributed by atoms with van der Waals surface area (Å²) in [6.45, 7) is 6.41. The van der Waals surface area contributed by atoms with Crippen LogP contribution >= 0.6 is 12.2 Å². The molecule has 2 aliphatic rings. The third-order valence-corrected chi connectivity index (χ3v) is 9.74. The molecule has 0 unspecified atom stereocenters. The van der Waals surface area contributed by atoms with E-state index in [0.29, 0.717) is 66.4 Å². The zero-order valence-corrected chi connectivity index (χ0v) is 24.1. The number of benzene rings is 3. The van der Waals surface area contributed by atoms with Crippen LogP contribution in [0.15, 0.2) is 77.7 Å². The van der Waals surface area contributed by atoms with Crippen molar-refractivity contribution in [3.63, 3.8) is 0 Å². The molecule has 1 atom stereocenters. The number of hydrogen-bond donors (Lipinski definition) is 0. The van der Waals surface area contributed by atoms with Crippen LogP contribution in [0.5, 0.6) is 11.5 Å². The fraction of sp³-hybridized carbons (Fsp3) is 0.310. The highest BCUT2D eigenvalue weighted by Crippen LogP contribution is 2.36. The monoisotopic (exact) mass is 577 g/mol. The van der Waals surface area contributed by atoms with Crippen molar-refractivity contribution in [3.8, 4) is 17.2 Å². The van der Waals surface area contributed by atoms with Gasteiger partial charge in [-0.1, -0.05) is 42.5 Å². The Hall–Kier alpha value is -3.51. The van der Waals surface area contributed by atoms with E-state index < -0.39 is 16.1 Å². The Balaban J connectivity index is 1.23. The van der Waals surface area contributed by atoms with E-state index in [2.05, 4.69) is 4.90 Å². The summed E-state index contributed by atoms with van der Waals surface area (Å²) in [5, 5.41) is 4.91. The van der Waals surface area contributed by atoms with Gasteiger partial charge in [-0.3, -0.25) is 9.47 Å². The first-order valence-corrected chi connectivity index (χ1v) is 15.1. The number of nitrogens with zero attached hydrogens (tertiary/aromatic N) is 5. The predicted octanol–water partition coefficient (Wildman–Crippen LogP) is 4.50. The second-order valence-electron chi connectivity index (χ2n) is 10.1. The van der Waals surface area contributed by atoms with Gasteiger partial charge in [0, 0.05) is 31.9 Å². The molecule has 0 saturated carbocycles. The number of ether oxygens (including phenoxy) is 2. The number of aromatic nitrogens is 3. The van der Waals surface area contributed by atoms with Crippen LogP contribution in [0.4, 0.5) is 0 Å². The standard InChI is InChI=1S/C29H31N5O4S2/c1-21-12-13-22(2)27(18-21)40(35,36)32-16-14-31(15-17-32)20-33-29(39)34(23-8-4-3-5-9-23)28(30-33)26-19-37-24-10-6-7-11-25(24)38-26/h3-13,18,26H,14-17,19-20H2,1-2H3/t26-/m1/s1. The lowest BCUT2D eigenvalue weighted by molar-refractivity contribution is 0.0826. The molecule has 0 spiro atoms. The molecular formula is C29H31N5O4S2. The Labute approximate surface area is 239 Å². The van der Waals surface area contributed by atoms with Crippen LogP contribution in [0.25, 0.3) is 5.69 Å². The SMILES string of the molecule is Cc1ccc(C)c(S(=O)(=O)N2CCN(Cn3nc([C@H]4COc5ccccc5O4)n(-c4ccccc4)c3=S)CC2)c1. The Morgan fingerprint density at radius 2 is 1.62 bits per heavy atom. The molecular weight excluding hydrogens is 546 g/mol. The molecule has 1 fully saturated rings. The number of fused-ring (bicyclic) bond motifs is 1. The molecule has 0 amide bonds. The highest BCUT2D eigenvalue weighted by Gasteiger charge is 2.32. The van der Waals surface area contributed by atoms with Crippen molar-refractivity contribution in [1.82, 2.24) is 23.6 Å². The molecule has 4 aromatic rings. The molecule has 1 saturated heterocycles. The molecule has 3 heterocycles. The minimum absolute atomic E-state index is 0.310. The molecule has 208 valence electrons. The quantitative estimate of drug-likeness (QED) is 0.312. The summed E-state index contributed by atoms with van der Waals surface area (Å²) in [6, 6.07) is 23.0. The first-order valence-electron chi connectivity index (χ1n) is 13.2. The van der Waals surface area contributed by atoms with Gasteiger partial charge in [0.05, 0.1) is 11.6 Å². The molecule has 0 aliphatic carbocycles. The van der Waals surface area contributed by atoms with Crippen LogP contribution in [0, 0.1) is 18.6 Å². The van der Waals surface area contributed by atoms with Gasteiger partial charge < -0.3 is 9.47 Å². The van der Waals surface area contributed by atoms with Crippen LogP contribution in [-0.4, -0.2) is 64.8 Å². The van der Waals surface area contributed by atoms with E-state index in [1.807, 2.05) is 85.1 Å². The van der Waals surface area contributed by atoms with Crippen LogP contribution in [0.2, 0.25) is 0 Å². The van der Waals surface area contributed by atoms with Gasteiger partial charge in [0.2, 0.25) is 14.8 Å². The summed E-state index contributed by atoms with van der Waals surface area (Å²) in [5.41, 5.74) is 2.58. The lowest BCUT2D eigenvalue weighted by Gasteiger charge is -2.34. The molecule has 2 aliphatic heterocycles. The molecule has 9 nitrogen and oxygen atoms in total. The van der Waals surface area contributed by atoms with E-state index in [-0.39, 0.29) is 0 Å². The Kier molecular flexibility index (Phi) is 7.22. The van der Waals surface area contributed by atoms with Crippen molar-refractivity contribution < 1.29 is 17.9 Å². The maximum atomic E-state index is 13.4. The van der Waals surface area contributed by atoms with E-state index >= 15 is 0 Å². The summed E-state index contributed by atoms with van der Waals surface area (Å²) >= 11 is 5.92. The summed E-state index contributed by atoms with van der Waals surface area (Å²) in [5.74, 6) is 2.03. The molecule has 3 aromatic carbocycles. The van der Waals surface area contributed by atoms with Crippen LogP contribution in [0.1, 0.15) is 23.1 Å². The number of aryl methyl sites for hydroxylation is 2. The molecule has 40 heavy (non-hydrogen) atoms. The van der Waals surface area contributed by atoms with E-state index in [4.69, 9.17) is 26.8 Å². The largest absolute Gasteiger partial charge is 0.485 e. The van der Waals surface area contributed by atoms with Gasteiger partial charge in [-0.25, -0.2) is 13.1 Å². The molecule has 6 rings (SSSR count). The van der Waals surface area contributed by atoms with Gasteiger partial charge in [-0.05, 0) is 67.5 Å². The topological polar surface area (TPSA) is 81.8 Å². The molecule has 1 aromatic heterocycles. The van der Waals surface area contributed by atoms with Gasteiger partial charge in [-0.15, -0.1) is 0 Å². The third kappa shape index (κ3) is 5.05. The molecule has 0 N–H and O–H groups in total. The van der Waals surface area contributed by atoms with Crippen molar-refractivity contribution >= 4 is 22.2 Å². The summed E-state index contributed by atoms with van der Waals surface area (Å²) in [4.78, 5) is 2.55. The lowest BCUT2D eigenvalue weighted by Crippen LogP contribution is -2.49. The third-order valence-electron chi connectivity index (χ3n) is 7.30.